The van der Waals surface area contributed by atoms with Crippen molar-refractivity contribution in [3.8, 4) is 0 Å². The molecule has 1 amide bonds. The highest BCUT2D eigenvalue weighted by atomic mass is 16.5. The van der Waals surface area contributed by atoms with E-state index >= 15 is 0 Å². The SMILES string of the molecule is Nc1ccccc1CCC(=O)NCC(c1ccccc1)N1CCOCC1. The molecule has 0 bridgehead atoms. The number of amides is 1. The van der Waals surface area contributed by atoms with Crippen LogP contribution < -0.4 is 11.1 Å². The second-order valence-electron chi connectivity index (χ2n) is 6.58. The molecule has 138 valence electrons. The van der Waals surface area contributed by atoms with Gasteiger partial charge in [-0.15, -0.1) is 0 Å². The Morgan fingerprint density at radius 2 is 1.77 bits per heavy atom. The van der Waals surface area contributed by atoms with Crippen molar-refractivity contribution in [1.82, 2.24) is 10.2 Å². The van der Waals surface area contributed by atoms with Gasteiger partial charge < -0.3 is 15.8 Å². The van der Waals surface area contributed by atoms with Crippen LogP contribution in [0.25, 0.3) is 0 Å². The van der Waals surface area contributed by atoms with Gasteiger partial charge in [-0.3, -0.25) is 9.69 Å². The lowest BCUT2D eigenvalue weighted by Gasteiger charge is -2.35. The van der Waals surface area contributed by atoms with Gasteiger partial charge in [-0.2, -0.15) is 0 Å². The van der Waals surface area contributed by atoms with Gasteiger partial charge in [-0.25, -0.2) is 0 Å². The summed E-state index contributed by atoms with van der Waals surface area (Å²) in [6, 6.07) is 18.2. The van der Waals surface area contributed by atoms with Crippen LogP contribution in [-0.2, 0) is 16.0 Å². The first-order valence-corrected chi connectivity index (χ1v) is 9.21. The number of hydrogen-bond donors (Lipinski definition) is 2. The van der Waals surface area contributed by atoms with Gasteiger partial charge in [0.15, 0.2) is 0 Å². The van der Waals surface area contributed by atoms with Crippen LogP contribution in [0.4, 0.5) is 5.69 Å². The van der Waals surface area contributed by atoms with Crippen LogP contribution in [0.2, 0.25) is 0 Å². The molecule has 1 fully saturated rings. The third-order valence-corrected chi connectivity index (χ3v) is 4.84. The highest BCUT2D eigenvalue weighted by Crippen LogP contribution is 2.21. The van der Waals surface area contributed by atoms with E-state index in [9.17, 15) is 4.79 Å². The number of benzene rings is 2. The van der Waals surface area contributed by atoms with Crippen molar-refractivity contribution in [2.24, 2.45) is 0 Å². The first kappa shape index (κ1) is 18.4. The first-order chi connectivity index (χ1) is 12.7. The Balaban J connectivity index is 1.56. The first-order valence-electron chi connectivity index (χ1n) is 9.21. The highest BCUT2D eigenvalue weighted by molar-refractivity contribution is 5.76. The number of nitrogen functional groups attached to an aromatic ring is 1. The minimum absolute atomic E-state index is 0.0578. The number of nitrogens with one attached hydrogen (secondary N) is 1. The van der Waals surface area contributed by atoms with Crippen molar-refractivity contribution in [2.45, 2.75) is 18.9 Å². The summed E-state index contributed by atoms with van der Waals surface area (Å²) in [5, 5.41) is 3.11. The molecule has 0 aromatic heterocycles. The monoisotopic (exact) mass is 353 g/mol. The average Bonchev–Trinajstić information content (AvgIpc) is 2.69. The Bertz CT molecular complexity index is 699. The van der Waals surface area contributed by atoms with Gasteiger partial charge in [-0.05, 0) is 23.6 Å². The van der Waals surface area contributed by atoms with Crippen LogP contribution >= 0.6 is 0 Å². The Labute approximate surface area is 155 Å². The van der Waals surface area contributed by atoms with Crippen LogP contribution in [0.5, 0.6) is 0 Å². The lowest BCUT2D eigenvalue weighted by molar-refractivity contribution is -0.121. The molecular weight excluding hydrogens is 326 g/mol. The molecule has 5 heteroatoms. The molecule has 1 aliphatic heterocycles. The summed E-state index contributed by atoms with van der Waals surface area (Å²) in [5.74, 6) is 0.0578. The van der Waals surface area contributed by atoms with E-state index in [-0.39, 0.29) is 11.9 Å². The Morgan fingerprint density at radius 1 is 1.08 bits per heavy atom. The molecule has 5 nitrogen and oxygen atoms in total. The normalized spacial score (nSPS) is 16.2. The topological polar surface area (TPSA) is 67.6 Å². The number of carbonyl (C=O) groups is 1. The molecule has 1 saturated heterocycles. The molecule has 1 aliphatic rings. The number of anilines is 1. The van der Waals surface area contributed by atoms with Gasteiger partial charge in [0.05, 0.1) is 19.3 Å². The average molecular weight is 353 g/mol. The number of ether oxygens (including phenoxy) is 1. The maximum Gasteiger partial charge on any atom is 0.220 e. The number of hydrogen-bond acceptors (Lipinski definition) is 4. The molecular formula is C21H27N3O2. The molecule has 1 unspecified atom stereocenters. The Kier molecular flexibility index (Phi) is 6.63. The minimum atomic E-state index is 0.0578. The third-order valence-electron chi connectivity index (χ3n) is 4.84. The van der Waals surface area contributed by atoms with Crippen LogP contribution in [0.15, 0.2) is 54.6 Å². The third kappa shape index (κ3) is 5.07. The van der Waals surface area contributed by atoms with Crippen molar-refractivity contribution in [3.63, 3.8) is 0 Å². The van der Waals surface area contributed by atoms with Gasteiger partial charge in [-0.1, -0.05) is 48.5 Å². The van der Waals surface area contributed by atoms with E-state index in [0.717, 1.165) is 37.6 Å². The van der Waals surface area contributed by atoms with E-state index in [0.29, 0.717) is 19.4 Å². The zero-order valence-electron chi connectivity index (χ0n) is 15.1. The standard InChI is InChI=1S/C21H27N3O2/c22-19-9-5-4-6-17(19)10-11-21(25)23-16-20(18-7-2-1-3-8-18)24-12-14-26-15-13-24/h1-9,20H,10-16,22H2,(H,23,25). The summed E-state index contributed by atoms with van der Waals surface area (Å²) in [7, 11) is 0. The summed E-state index contributed by atoms with van der Waals surface area (Å²) in [6.45, 7) is 3.86. The maximum absolute atomic E-state index is 12.4. The van der Waals surface area contributed by atoms with Crippen molar-refractivity contribution < 1.29 is 9.53 Å². The lowest BCUT2D eigenvalue weighted by atomic mass is 10.0. The van der Waals surface area contributed by atoms with Gasteiger partial charge in [0.1, 0.15) is 0 Å². The van der Waals surface area contributed by atoms with E-state index in [2.05, 4.69) is 22.3 Å². The van der Waals surface area contributed by atoms with Gasteiger partial charge in [0, 0.05) is 31.7 Å². The smallest absolute Gasteiger partial charge is 0.220 e. The zero-order valence-corrected chi connectivity index (χ0v) is 15.1. The molecule has 1 atom stereocenters. The van der Waals surface area contributed by atoms with Gasteiger partial charge in [0.25, 0.3) is 0 Å². The number of rotatable bonds is 7. The van der Waals surface area contributed by atoms with Crippen LogP contribution in [0.3, 0.4) is 0 Å². The number of carbonyl (C=O) groups excluding carboxylic acids is 1. The number of para-hydroxylation sites is 1. The second-order valence-corrected chi connectivity index (χ2v) is 6.58. The number of nitrogens with zero attached hydrogens (tertiary/aromatic N) is 1. The van der Waals surface area contributed by atoms with Gasteiger partial charge in [0.2, 0.25) is 5.91 Å². The Hall–Kier alpha value is -2.37. The minimum Gasteiger partial charge on any atom is -0.399 e. The van der Waals surface area contributed by atoms with Crippen LogP contribution in [0, 0.1) is 0 Å². The fourth-order valence-electron chi connectivity index (χ4n) is 3.33. The number of morpholine rings is 1. The molecule has 0 saturated carbocycles. The second kappa shape index (κ2) is 9.36. The van der Waals surface area contributed by atoms with Crippen molar-refractivity contribution >= 4 is 11.6 Å². The molecule has 1 heterocycles. The number of aryl methyl sites for hydroxylation is 1. The molecule has 2 aromatic rings. The fourth-order valence-corrected chi connectivity index (χ4v) is 3.33. The van der Waals surface area contributed by atoms with Crippen LogP contribution in [0.1, 0.15) is 23.6 Å². The van der Waals surface area contributed by atoms with Crippen molar-refractivity contribution in [2.75, 3.05) is 38.6 Å². The molecule has 26 heavy (non-hydrogen) atoms. The van der Waals surface area contributed by atoms with E-state index in [4.69, 9.17) is 10.5 Å². The Morgan fingerprint density at radius 3 is 2.50 bits per heavy atom. The highest BCUT2D eigenvalue weighted by Gasteiger charge is 2.23. The predicted molar refractivity (Wildman–Crippen MR) is 104 cm³/mol. The van der Waals surface area contributed by atoms with E-state index in [1.54, 1.807) is 0 Å². The molecule has 3 rings (SSSR count). The molecule has 3 N–H and O–H groups in total. The zero-order chi connectivity index (χ0) is 18.2. The van der Waals surface area contributed by atoms with E-state index in [1.165, 1.54) is 5.56 Å². The lowest BCUT2D eigenvalue weighted by Crippen LogP contribution is -2.43. The molecule has 0 spiro atoms. The summed E-state index contributed by atoms with van der Waals surface area (Å²) >= 11 is 0. The largest absolute Gasteiger partial charge is 0.399 e. The number of nitrogens with two attached hydrogens (primary N) is 1. The van der Waals surface area contributed by atoms with E-state index in [1.807, 2.05) is 42.5 Å². The van der Waals surface area contributed by atoms with Crippen molar-refractivity contribution in [3.05, 3.63) is 65.7 Å². The summed E-state index contributed by atoms with van der Waals surface area (Å²) < 4.78 is 5.47. The van der Waals surface area contributed by atoms with Crippen molar-refractivity contribution in [1.29, 1.82) is 0 Å². The predicted octanol–water partition coefficient (Wildman–Crippen LogP) is 2.39. The van der Waals surface area contributed by atoms with Crippen LogP contribution in [-0.4, -0.2) is 43.7 Å². The summed E-state index contributed by atoms with van der Waals surface area (Å²) in [4.78, 5) is 14.7. The maximum atomic E-state index is 12.4. The summed E-state index contributed by atoms with van der Waals surface area (Å²) in [6.07, 6.45) is 1.10. The molecule has 2 aromatic carbocycles. The quantitative estimate of drug-likeness (QED) is 0.750. The summed E-state index contributed by atoms with van der Waals surface area (Å²) in [5.41, 5.74) is 8.95. The molecule has 0 aliphatic carbocycles. The van der Waals surface area contributed by atoms with Gasteiger partial charge >= 0.3 is 0 Å². The van der Waals surface area contributed by atoms with E-state index < -0.39 is 0 Å². The fraction of sp³-hybridized carbons (Fsp3) is 0.381. The molecule has 0 radical (unpaired) electrons.